The van der Waals surface area contributed by atoms with E-state index >= 15 is 0 Å². The molecule has 6 heteroatoms. The molecular formula is C14H25N5O. The van der Waals surface area contributed by atoms with Crippen molar-refractivity contribution in [3.05, 3.63) is 5.82 Å². The van der Waals surface area contributed by atoms with Gasteiger partial charge in [-0.2, -0.15) is 0 Å². The molecule has 0 aliphatic heterocycles. The number of nitrogens with zero attached hydrogens (tertiary/aromatic N) is 4. The van der Waals surface area contributed by atoms with Crippen molar-refractivity contribution in [1.29, 1.82) is 0 Å². The quantitative estimate of drug-likeness (QED) is 0.793. The van der Waals surface area contributed by atoms with Gasteiger partial charge in [0.15, 0.2) is 5.82 Å². The molecule has 20 heavy (non-hydrogen) atoms. The Hall–Kier alpha value is -1.46. The van der Waals surface area contributed by atoms with Gasteiger partial charge in [0.05, 0.1) is 12.1 Å². The van der Waals surface area contributed by atoms with Gasteiger partial charge in [0.2, 0.25) is 5.91 Å². The van der Waals surface area contributed by atoms with Crippen molar-refractivity contribution >= 4 is 5.91 Å². The molecule has 1 N–H and O–H groups in total. The molecule has 112 valence electrons. The number of rotatable bonds is 8. The lowest BCUT2D eigenvalue weighted by Crippen LogP contribution is -2.34. The van der Waals surface area contributed by atoms with Crippen LogP contribution in [0.2, 0.25) is 0 Å². The van der Waals surface area contributed by atoms with Gasteiger partial charge in [-0.25, -0.2) is 4.68 Å². The largest absolute Gasteiger partial charge is 0.346 e. The van der Waals surface area contributed by atoms with E-state index in [1.54, 1.807) is 0 Å². The standard InChI is InChI=1S/C14H25N5O/c1-4-6-11(7-5-2)14(20)15-10(3)13-16-17-18-19(13)12-8-9-12/h10-12H,4-9H2,1-3H3,(H,15,20). The van der Waals surface area contributed by atoms with Crippen molar-refractivity contribution in [2.75, 3.05) is 0 Å². The minimum atomic E-state index is -0.130. The summed E-state index contributed by atoms with van der Waals surface area (Å²) in [4.78, 5) is 12.3. The molecule has 1 atom stereocenters. The van der Waals surface area contributed by atoms with E-state index in [9.17, 15) is 4.79 Å². The first kappa shape index (κ1) is 14.9. The molecule has 2 rings (SSSR count). The molecule has 0 spiro atoms. The summed E-state index contributed by atoms with van der Waals surface area (Å²) in [5.41, 5.74) is 0. The molecule has 1 aromatic heterocycles. The number of hydrogen-bond acceptors (Lipinski definition) is 4. The predicted octanol–water partition coefficient (Wildman–Crippen LogP) is 2.40. The van der Waals surface area contributed by atoms with Crippen LogP contribution in [0.3, 0.4) is 0 Å². The summed E-state index contributed by atoms with van der Waals surface area (Å²) >= 11 is 0. The first-order valence-corrected chi connectivity index (χ1v) is 7.75. The fourth-order valence-electron chi connectivity index (χ4n) is 2.56. The van der Waals surface area contributed by atoms with Crippen LogP contribution in [0, 0.1) is 5.92 Å². The third kappa shape index (κ3) is 3.55. The maximum absolute atomic E-state index is 12.3. The minimum Gasteiger partial charge on any atom is -0.346 e. The van der Waals surface area contributed by atoms with E-state index < -0.39 is 0 Å². The predicted molar refractivity (Wildman–Crippen MR) is 76.0 cm³/mol. The lowest BCUT2D eigenvalue weighted by atomic mass is 9.97. The molecule has 1 aromatic rings. The Morgan fingerprint density at radius 3 is 2.55 bits per heavy atom. The maximum Gasteiger partial charge on any atom is 0.223 e. The molecule has 1 heterocycles. The normalized spacial score (nSPS) is 16.4. The Bertz CT molecular complexity index is 435. The first-order valence-electron chi connectivity index (χ1n) is 7.75. The number of aromatic nitrogens is 4. The summed E-state index contributed by atoms with van der Waals surface area (Å²) in [7, 11) is 0. The van der Waals surface area contributed by atoms with Gasteiger partial charge < -0.3 is 5.32 Å². The third-order valence-electron chi connectivity index (χ3n) is 3.80. The van der Waals surface area contributed by atoms with E-state index in [2.05, 4.69) is 34.7 Å². The van der Waals surface area contributed by atoms with E-state index in [1.807, 2.05) is 11.6 Å². The van der Waals surface area contributed by atoms with E-state index in [1.165, 1.54) is 0 Å². The number of amides is 1. The fourth-order valence-corrected chi connectivity index (χ4v) is 2.56. The molecule has 1 unspecified atom stereocenters. The Labute approximate surface area is 120 Å². The Balaban J connectivity index is 1.96. The second kappa shape index (κ2) is 6.81. The fraction of sp³-hybridized carbons (Fsp3) is 0.857. The van der Waals surface area contributed by atoms with Crippen LogP contribution in [0.5, 0.6) is 0 Å². The van der Waals surface area contributed by atoms with Crippen molar-refractivity contribution in [2.24, 2.45) is 5.92 Å². The summed E-state index contributed by atoms with van der Waals surface area (Å²) in [5, 5.41) is 14.9. The highest BCUT2D eigenvalue weighted by atomic mass is 16.1. The number of tetrazole rings is 1. The average Bonchev–Trinajstić information content (AvgIpc) is 3.15. The van der Waals surface area contributed by atoms with Crippen molar-refractivity contribution in [2.45, 2.75) is 71.4 Å². The van der Waals surface area contributed by atoms with Gasteiger partial charge >= 0.3 is 0 Å². The number of carbonyl (C=O) groups excluding carboxylic acids is 1. The maximum atomic E-state index is 12.3. The zero-order chi connectivity index (χ0) is 14.5. The van der Waals surface area contributed by atoms with Crippen LogP contribution >= 0.6 is 0 Å². The van der Waals surface area contributed by atoms with Crippen molar-refractivity contribution in [3.63, 3.8) is 0 Å². The van der Waals surface area contributed by atoms with Crippen molar-refractivity contribution in [1.82, 2.24) is 25.5 Å². The topological polar surface area (TPSA) is 72.7 Å². The van der Waals surface area contributed by atoms with E-state index in [-0.39, 0.29) is 17.9 Å². The number of carbonyl (C=O) groups is 1. The molecule has 1 aliphatic rings. The third-order valence-corrected chi connectivity index (χ3v) is 3.80. The lowest BCUT2D eigenvalue weighted by molar-refractivity contribution is -0.126. The minimum absolute atomic E-state index is 0.109. The summed E-state index contributed by atoms with van der Waals surface area (Å²) in [6, 6.07) is 0.302. The molecule has 6 nitrogen and oxygen atoms in total. The molecule has 0 bridgehead atoms. The molecule has 0 saturated heterocycles. The van der Waals surface area contributed by atoms with Crippen LogP contribution in [-0.2, 0) is 4.79 Å². The highest BCUT2D eigenvalue weighted by molar-refractivity contribution is 5.78. The zero-order valence-electron chi connectivity index (χ0n) is 12.7. The second-order valence-corrected chi connectivity index (χ2v) is 5.72. The SMILES string of the molecule is CCCC(CCC)C(=O)NC(C)c1nnnn1C1CC1. The highest BCUT2D eigenvalue weighted by Crippen LogP contribution is 2.35. The average molecular weight is 279 g/mol. The van der Waals surface area contributed by atoms with Crippen LogP contribution in [-0.4, -0.2) is 26.1 Å². The van der Waals surface area contributed by atoms with Crippen LogP contribution in [0.15, 0.2) is 0 Å². The lowest BCUT2D eigenvalue weighted by Gasteiger charge is -2.19. The summed E-state index contributed by atoms with van der Waals surface area (Å²) < 4.78 is 1.86. The highest BCUT2D eigenvalue weighted by Gasteiger charge is 2.30. The summed E-state index contributed by atoms with van der Waals surface area (Å²) in [5.74, 6) is 1.01. The van der Waals surface area contributed by atoms with Crippen LogP contribution in [0.4, 0.5) is 0 Å². The van der Waals surface area contributed by atoms with Gasteiger partial charge in [0.1, 0.15) is 0 Å². The molecule has 0 aromatic carbocycles. The molecule has 1 aliphatic carbocycles. The van der Waals surface area contributed by atoms with Gasteiger partial charge in [0, 0.05) is 5.92 Å². The van der Waals surface area contributed by atoms with Gasteiger partial charge in [0.25, 0.3) is 0 Å². The van der Waals surface area contributed by atoms with Gasteiger partial charge in [-0.05, 0) is 43.0 Å². The molecule has 1 fully saturated rings. The van der Waals surface area contributed by atoms with Crippen molar-refractivity contribution in [3.8, 4) is 0 Å². The van der Waals surface area contributed by atoms with E-state index in [0.29, 0.717) is 6.04 Å². The number of hydrogen-bond donors (Lipinski definition) is 1. The van der Waals surface area contributed by atoms with Gasteiger partial charge in [-0.1, -0.05) is 26.7 Å². The second-order valence-electron chi connectivity index (χ2n) is 5.72. The molecule has 1 saturated carbocycles. The van der Waals surface area contributed by atoms with E-state index in [0.717, 1.165) is 44.3 Å². The number of nitrogens with one attached hydrogen (secondary N) is 1. The van der Waals surface area contributed by atoms with E-state index in [4.69, 9.17) is 0 Å². The summed E-state index contributed by atoms with van der Waals surface area (Å²) in [6.07, 6.45) is 6.22. The molecule has 0 radical (unpaired) electrons. The Kier molecular flexibility index (Phi) is 5.09. The van der Waals surface area contributed by atoms with Crippen LogP contribution < -0.4 is 5.32 Å². The Morgan fingerprint density at radius 2 is 2.00 bits per heavy atom. The van der Waals surface area contributed by atoms with Gasteiger partial charge in [-0.15, -0.1) is 5.10 Å². The smallest absolute Gasteiger partial charge is 0.223 e. The van der Waals surface area contributed by atoms with Crippen LogP contribution in [0.25, 0.3) is 0 Å². The molecule has 1 amide bonds. The monoisotopic (exact) mass is 279 g/mol. The Morgan fingerprint density at radius 1 is 1.35 bits per heavy atom. The first-order chi connectivity index (χ1) is 9.67. The van der Waals surface area contributed by atoms with Gasteiger partial charge in [-0.3, -0.25) is 4.79 Å². The molecular weight excluding hydrogens is 254 g/mol. The van der Waals surface area contributed by atoms with Crippen LogP contribution in [0.1, 0.15) is 77.2 Å². The van der Waals surface area contributed by atoms with Crippen molar-refractivity contribution < 1.29 is 4.79 Å². The zero-order valence-corrected chi connectivity index (χ0v) is 12.7. The summed E-state index contributed by atoms with van der Waals surface area (Å²) in [6.45, 7) is 6.19.